The standard InChI is InChI=1S/C15H19NO5/c1-2-3-4-11-5-6-12(9-11)10-20-15(19)21-16-13(17)7-8-14(16)18/h2,9,11H,1,3-8,10H2. The van der Waals surface area contributed by atoms with Crippen LogP contribution in [-0.2, 0) is 19.2 Å². The number of hydrogen-bond donors (Lipinski definition) is 0. The summed E-state index contributed by atoms with van der Waals surface area (Å²) in [6.45, 7) is 3.83. The molecule has 0 aromatic carbocycles. The summed E-state index contributed by atoms with van der Waals surface area (Å²) in [6, 6.07) is 0. The number of hydroxylamine groups is 2. The number of hydrogen-bond acceptors (Lipinski definition) is 5. The van der Waals surface area contributed by atoms with Gasteiger partial charge in [0.15, 0.2) is 0 Å². The molecule has 2 rings (SSSR count). The summed E-state index contributed by atoms with van der Waals surface area (Å²) in [4.78, 5) is 38.6. The van der Waals surface area contributed by atoms with Gasteiger partial charge in [-0.15, -0.1) is 6.58 Å². The maximum Gasteiger partial charge on any atom is 0.534 e. The molecule has 1 saturated heterocycles. The average Bonchev–Trinajstić information content (AvgIpc) is 3.04. The second kappa shape index (κ2) is 7.06. The molecule has 0 aromatic rings. The van der Waals surface area contributed by atoms with Crippen molar-refractivity contribution in [2.45, 2.75) is 38.5 Å². The van der Waals surface area contributed by atoms with Gasteiger partial charge in [-0.25, -0.2) is 4.79 Å². The first kappa shape index (κ1) is 15.3. The normalized spacial score (nSPS) is 21.4. The van der Waals surface area contributed by atoms with E-state index in [9.17, 15) is 14.4 Å². The molecule has 6 nitrogen and oxygen atoms in total. The van der Waals surface area contributed by atoms with Crippen LogP contribution >= 0.6 is 0 Å². The quantitative estimate of drug-likeness (QED) is 0.427. The number of carbonyl (C=O) groups is 3. The van der Waals surface area contributed by atoms with Crippen molar-refractivity contribution >= 4 is 18.0 Å². The van der Waals surface area contributed by atoms with Crippen molar-refractivity contribution in [3.05, 3.63) is 24.3 Å². The van der Waals surface area contributed by atoms with E-state index in [1.165, 1.54) is 0 Å². The predicted octanol–water partition coefficient (Wildman–Crippen LogP) is 2.51. The maximum atomic E-state index is 11.5. The molecule has 2 amide bonds. The molecule has 1 fully saturated rings. The number of carbonyl (C=O) groups excluding carboxylic acids is 3. The topological polar surface area (TPSA) is 72.9 Å². The van der Waals surface area contributed by atoms with Crippen LogP contribution in [0.5, 0.6) is 0 Å². The van der Waals surface area contributed by atoms with Crippen LogP contribution < -0.4 is 0 Å². The van der Waals surface area contributed by atoms with Gasteiger partial charge in [0.2, 0.25) is 0 Å². The number of ether oxygens (including phenoxy) is 1. The van der Waals surface area contributed by atoms with Crippen LogP contribution in [0.15, 0.2) is 24.3 Å². The van der Waals surface area contributed by atoms with Crippen molar-refractivity contribution in [1.82, 2.24) is 5.06 Å². The van der Waals surface area contributed by atoms with E-state index >= 15 is 0 Å². The van der Waals surface area contributed by atoms with Gasteiger partial charge >= 0.3 is 6.16 Å². The fourth-order valence-corrected chi connectivity index (χ4v) is 2.46. The molecule has 0 spiro atoms. The Hall–Kier alpha value is -2.11. The molecule has 0 N–H and O–H groups in total. The summed E-state index contributed by atoms with van der Waals surface area (Å²) in [5, 5.41) is 0.484. The Bertz CT molecular complexity index is 466. The zero-order chi connectivity index (χ0) is 15.2. The lowest BCUT2D eigenvalue weighted by molar-refractivity contribution is -0.176. The van der Waals surface area contributed by atoms with Gasteiger partial charge in [0, 0.05) is 12.8 Å². The highest BCUT2D eigenvalue weighted by atomic mass is 16.8. The fraction of sp³-hybridized carbons (Fsp3) is 0.533. The lowest BCUT2D eigenvalue weighted by Crippen LogP contribution is -2.32. The van der Waals surface area contributed by atoms with Crippen LogP contribution in [0.25, 0.3) is 0 Å². The Balaban J connectivity index is 1.73. The van der Waals surface area contributed by atoms with Gasteiger partial charge in [0.25, 0.3) is 11.8 Å². The molecule has 1 unspecified atom stereocenters. The minimum atomic E-state index is -1.02. The van der Waals surface area contributed by atoms with Crippen LogP contribution in [-0.4, -0.2) is 29.6 Å². The summed E-state index contributed by atoms with van der Waals surface area (Å²) in [5.74, 6) is -0.526. The number of amides is 2. The molecule has 0 saturated carbocycles. The Morgan fingerprint density at radius 3 is 2.71 bits per heavy atom. The molecule has 1 aliphatic heterocycles. The lowest BCUT2D eigenvalue weighted by atomic mass is 10.0. The summed E-state index contributed by atoms with van der Waals surface area (Å²) >= 11 is 0. The third-order valence-corrected chi connectivity index (χ3v) is 3.60. The molecule has 1 atom stereocenters. The molecule has 1 heterocycles. The van der Waals surface area contributed by atoms with E-state index in [1.54, 1.807) is 0 Å². The van der Waals surface area contributed by atoms with E-state index < -0.39 is 18.0 Å². The van der Waals surface area contributed by atoms with E-state index in [1.807, 2.05) is 6.08 Å². The molecular weight excluding hydrogens is 274 g/mol. The second-order valence-electron chi connectivity index (χ2n) is 5.20. The SMILES string of the molecule is C=CCCC1C=C(COC(=O)ON2C(=O)CCC2=O)CC1. The van der Waals surface area contributed by atoms with Gasteiger partial charge < -0.3 is 4.74 Å². The van der Waals surface area contributed by atoms with E-state index in [4.69, 9.17) is 4.74 Å². The monoisotopic (exact) mass is 293 g/mol. The number of nitrogens with zero attached hydrogens (tertiary/aromatic N) is 1. The Kier molecular flexibility index (Phi) is 5.14. The molecule has 1 aliphatic carbocycles. The minimum Gasteiger partial charge on any atom is -0.428 e. The molecule has 21 heavy (non-hydrogen) atoms. The third-order valence-electron chi connectivity index (χ3n) is 3.60. The predicted molar refractivity (Wildman–Crippen MR) is 73.8 cm³/mol. The summed E-state index contributed by atoms with van der Waals surface area (Å²) in [5.41, 5.74) is 1.04. The smallest absolute Gasteiger partial charge is 0.428 e. The van der Waals surface area contributed by atoms with Crippen molar-refractivity contribution < 1.29 is 24.0 Å². The first-order chi connectivity index (χ1) is 10.1. The highest BCUT2D eigenvalue weighted by Crippen LogP contribution is 2.28. The maximum absolute atomic E-state index is 11.5. The van der Waals surface area contributed by atoms with Crippen LogP contribution in [0.3, 0.4) is 0 Å². The Labute approximate surface area is 123 Å². The van der Waals surface area contributed by atoms with Crippen molar-refractivity contribution in [2.24, 2.45) is 5.92 Å². The van der Waals surface area contributed by atoms with Gasteiger partial charge in [0.05, 0.1) is 0 Å². The first-order valence-corrected chi connectivity index (χ1v) is 7.11. The Morgan fingerprint density at radius 1 is 1.33 bits per heavy atom. The van der Waals surface area contributed by atoms with E-state index in [-0.39, 0.29) is 19.4 Å². The van der Waals surface area contributed by atoms with E-state index in [0.717, 1.165) is 31.3 Å². The molecule has 0 aromatic heterocycles. The molecule has 114 valence electrons. The number of allylic oxidation sites excluding steroid dienone is 2. The zero-order valence-electron chi connectivity index (χ0n) is 11.9. The van der Waals surface area contributed by atoms with Gasteiger partial charge in [-0.1, -0.05) is 17.2 Å². The van der Waals surface area contributed by atoms with Crippen LogP contribution in [0, 0.1) is 5.92 Å². The van der Waals surface area contributed by atoms with Crippen molar-refractivity contribution in [3.8, 4) is 0 Å². The zero-order valence-corrected chi connectivity index (χ0v) is 11.9. The highest BCUT2D eigenvalue weighted by molar-refractivity contribution is 6.01. The van der Waals surface area contributed by atoms with Crippen LogP contribution in [0.2, 0.25) is 0 Å². The summed E-state index contributed by atoms with van der Waals surface area (Å²) in [6.07, 6.45) is 7.08. The second-order valence-corrected chi connectivity index (χ2v) is 5.20. The molecule has 2 aliphatic rings. The van der Waals surface area contributed by atoms with Gasteiger partial charge in [-0.3, -0.25) is 14.4 Å². The van der Waals surface area contributed by atoms with Gasteiger partial charge in [0.1, 0.15) is 6.61 Å². The van der Waals surface area contributed by atoms with E-state index in [2.05, 4.69) is 17.5 Å². The third kappa shape index (κ3) is 4.18. The number of rotatable bonds is 6. The highest BCUT2D eigenvalue weighted by Gasteiger charge is 2.33. The lowest BCUT2D eigenvalue weighted by Gasteiger charge is -2.12. The van der Waals surface area contributed by atoms with Gasteiger partial charge in [-0.05, 0) is 37.2 Å². The Morgan fingerprint density at radius 2 is 2.05 bits per heavy atom. The number of imide groups is 1. The summed E-state index contributed by atoms with van der Waals surface area (Å²) in [7, 11) is 0. The van der Waals surface area contributed by atoms with Crippen molar-refractivity contribution in [3.63, 3.8) is 0 Å². The molecule has 6 heteroatoms. The van der Waals surface area contributed by atoms with Crippen LogP contribution in [0.4, 0.5) is 4.79 Å². The van der Waals surface area contributed by atoms with Crippen molar-refractivity contribution in [2.75, 3.05) is 6.61 Å². The molecule has 0 radical (unpaired) electrons. The largest absolute Gasteiger partial charge is 0.534 e. The van der Waals surface area contributed by atoms with Crippen molar-refractivity contribution in [1.29, 1.82) is 0 Å². The molecular formula is C15H19NO5. The van der Waals surface area contributed by atoms with E-state index in [0.29, 0.717) is 11.0 Å². The molecule has 0 bridgehead atoms. The summed E-state index contributed by atoms with van der Waals surface area (Å²) < 4.78 is 4.94. The average molecular weight is 293 g/mol. The fourth-order valence-electron chi connectivity index (χ4n) is 2.46. The minimum absolute atomic E-state index is 0.0717. The van der Waals surface area contributed by atoms with Crippen LogP contribution in [0.1, 0.15) is 38.5 Å². The van der Waals surface area contributed by atoms with Gasteiger partial charge in [-0.2, -0.15) is 0 Å². The first-order valence-electron chi connectivity index (χ1n) is 7.11.